The van der Waals surface area contributed by atoms with E-state index in [1.807, 2.05) is 30.9 Å². The van der Waals surface area contributed by atoms with Crippen LogP contribution in [0.3, 0.4) is 0 Å². The average molecular weight is 454 g/mol. The van der Waals surface area contributed by atoms with Gasteiger partial charge in [0.05, 0.1) is 24.4 Å². The topological polar surface area (TPSA) is 85.0 Å². The zero-order chi connectivity index (χ0) is 22.3. The summed E-state index contributed by atoms with van der Waals surface area (Å²) in [5.41, 5.74) is 0.629. The fourth-order valence-corrected chi connectivity index (χ4v) is 4.22. The van der Waals surface area contributed by atoms with E-state index < -0.39 is 14.4 Å². The largest absolute Gasteiger partial charge is 0.414 e. The van der Waals surface area contributed by atoms with Crippen molar-refractivity contribution in [3.05, 3.63) is 17.4 Å². The van der Waals surface area contributed by atoms with Crippen molar-refractivity contribution in [3.63, 3.8) is 0 Å². The van der Waals surface area contributed by atoms with Crippen molar-refractivity contribution in [1.29, 1.82) is 0 Å². The third kappa shape index (κ3) is 4.86. The van der Waals surface area contributed by atoms with Gasteiger partial charge in [0, 0.05) is 26.7 Å². The van der Waals surface area contributed by atoms with Gasteiger partial charge in [-0.3, -0.25) is 0 Å². The molecule has 2 aromatic rings. The predicted octanol–water partition coefficient (Wildman–Crippen LogP) is 3.98. The molecule has 3 atom stereocenters. The lowest BCUT2D eigenvalue weighted by Gasteiger charge is -2.37. The molecule has 166 valence electrons. The first-order valence-electron chi connectivity index (χ1n) is 10.1. The Morgan fingerprint density at radius 1 is 1.40 bits per heavy atom. The standard InChI is InChI=1S/C20H32ClN5O3Si/c1-20(2,3)30(6,7)28-11-15-14(27)10-16(29-15)26-9-8-13-17(21)23-19(24-18(13)26)22-12-25(4)5/h8-9,12,14-16,27H,10-11H2,1-7H3/b22-12+/t14-,15+,16+/m0/s1. The molecule has 30 heavy (non-hydrogen) atoms. The van der Waals surface area contributed by atoms with E-state index in [4.69, 9.17) is 20.8 Å². The first kappa shape index (κ1) is 23.1. The summed E-state index contributed by atoms with van der Waals surface area (Å²) in [5.74, 6) is 0.275. The van der Waals surface area contributed by atoms with Gasteiger partial charge in [0.25, 0.3) is 5.95 Å². The van der Waals surface area contributed by atoms with E-state index >= 15 is 0 Å². The first-order chi connectivity index (χ1) is 13.9. The van der Waals surface area contributed by atoms with Crippen LogP contribution in [-0.2, 0) is 9.16 Å². The SMILES string of the molecule is CN(C)/C=N/c1nc(Cl)c2ccn([C@H]3C[C@H](O)[C@@H](CO[Si](C)(C)C(C)(C)C)O3)c2n1. The Morgan fingerprint density at radius 3 is 2.73 bits per heavy atom. The van der Waals surface area contributed by atoms with Crippen molar-refractivity contribution in [2.45, 2.75) is 63.8 Å². The minimum Gasteiger partial charge on any atom is -0.414 e. The second kappa shape index (κ2) is 8.55. The van der Waals surface area contributed by atoms with E-state index in [0.717, 1.165) is 5.39 Å². The highest BCUT2D eigenvalue weighted by atomic mass is 35.5. The minimum absolute atomic E-state index is 0.101. The van der Waals surface area contributed by atoms with Crippen LogP contribution in [0.4, 0.5) is 5.95 Å². The number of ether oxygens (including phenoxy) is 1. The number of aliphatic imine (C=N–C) groups is 1. The first-order valence-corrected chi connectivity index (χ1v) is 13.4. The molecule has 1 aliphatic heterocycles. The lowest BCUT2D eigenvalue weighted by atomic mass is 10.2. The van der Waals surface area contributed by atoms with Gasteiger partial charge < -0.3 is 23.7 Å². The Bertz CT molecular complexity index is 925. The van der Waals surface area contributed by atoms with Gasteiger partial charge in [-0.1, -0.05) is 32.4 Å². The summed E-state index contributed by atoms with van der Waals surface area (Å²) in [6.07, 6.45) is 2.58. The number of hydrogen-bond donors (Lipinski definition) is 1. The van der Waals surface area contributed by atoms with Crippen LogP contribution >= 0.6 is 11.6 Å². The van der Waals surface area contributed by atoms with E-state index in [1.165, 1.54) is 0 Å². The van der Waals surface area contributed by atoms with Crippen LogP contribution in [0.15, 0.2) is 17.3 Å². The van der Waals surface area contributed by atoms with E-state index in [-0.39, 0.29) is 23.3 Å². The quantitative estimate of drug-likeness (QED) is 0.308. The van der Waals surface area contributed by atoms with Crippen molar-refractivity contribution in [2.75, 3.05) is 20.7 Å². The molecular formula is C20H32ClN5O3Si. The number of nitrogens with zero attached hydrogens (tertiary/aromatic N) is 5. The highest BCUT2D eigenvalue weighted by Gasteiger charge is 2.41. The predicted molar refractivity (Wildman–Crippen MR) is 122 cm³/mol. The third-order valence-corrected chi connectivity index (χ3v) is 10.6. The van der Waals surface area contributed by atoms with Crippen molar-refractivity contribution >= 4 is 43.2 Å². The molecule has 0 aliphatic carbocycles. The number of aromatic nitrogens is 3. The van der Waals surface area contributed by atoms with Gasteiger partial charge in [-0.25, -0.2) is 4.99 Å². The number of fused-ring (bicyclic) bond motifs is 1. The molecule has 1 saturated heterocycles. The molecule has 1 N–H and O–H groups in total. The normalized spacial score (nSPS) is 23.0. The third-order valence-electron chi connectivity index (χ3n) is 5.85. The molecule has 0 amide bonds. The second-order valence-corrected chi connectivity index (χ2v) is 14.7. The zero-order valence-electron chi connectivity index (χ0n) is 18.8. The highest BCUT2D eigenvalue weighted by molar-refractivity contribution is 6.74. The summed E-state index contributed by atoms with van der Waals surface area (Å²) in [5, 5.41) is 11.8. The molecule has 0 saturated carbocycles. The zero-order valence-corrected chi connectivity index (χ0v) is 20.5. The molecule has 0 bridgehead atoms. The van der Waals surface area contributed by atoms with Crippen molar-refractivity contribution in [1.82, 2.24) is 19.4 Å². The lowest BCUT2D eigenvalue weighted by molar-refractivity contribution is -0.0403. The van der Waals surface area contributed by atoms with Gasteiger partial charge in [0.15, 0.2) is 8.32 Å². The number of hydrogen-bond acceptors (Lipinski definition) is 6. The maximum Gasteiger partial charge on any atom is 0.254 e. The molecule has 1 fully saturated rings. The van der Waals surface area contributed by atoms with Gasteiger partial charge in [0.2, 0.25) is 0 Å². The van der Waals surface area contributed by atoms with Crippen LogP contribution in [0.1, 0.15) is 33.4 Å². The van der Waals surface area contributed by atoms with E-state index in [9.17, 15) is 5.11 Å². The van der Waals surface area contributed by atoms with Crippen molar-refractivity contribution in [2.24, 2.45) is 4.99 Å². The summed E-state index contributed by atoms with van der Waals surface area (Å²) in [4.78, 5) is 14.8. The molecule has 8 nitrogen and oxygen atoms in total. The smallest absolute Gasteiger partial charge is 0.254 e. The highest BCUT2D eigenvalue weighted by Crippen LogP contribution is 2.38. The fraction of sp³-hybridized carbons (Fsp3) is 0.650. The molecule has 3 rings (SSSR count). The second-order valence-electron chi connectivity index (χ2n) is 9.49. The maximum atomic E-state index is 10.6. The van der Waals surface area contributed by atoms with Crippen LogP contribution in [0.2, 0.25) is 23.3 Å². The van der Waals surface area contributed by atoms with Gasteiger partial charge >= 0.3 is 0 Å². The molecular weight excluding hydrogens is 422 g/mol. The lowest BCUT2D eigenvalue weighted by Crippen LogP contribution is -2.43. The summed E-state index contributed by atoms with van der Waals surface area (Å²) in [6, 6.07) is 1.85. The molecule has 0 aromatic carbocycles. The number of halogens is 1. The van der Waals surface area contributed by atoms with Crippen LogP contribution < -0.4 is 0 Å². The van der Waals surface area contributed by atoms with Crippen LogP contribution in [-0.4, -0.2) is 72.1 Å². The minimum atomic E-state index is -1.92. The molecule has 0 unspecified atom stereocenters. The average Bonchev–Trinajstić information content (AvgIpc) is 3.21. The molecule has 10 heteroatoms. The molecule has 1 aliphatic rings. The number of aliphatic hydroxyl groups excluding tert-OH is 1. The Kier molecular flexibility index (Phi) is 6.59. The Labute approximate surface area is 184 Å². The van der Waals surface area contributed by atoms with Crippen LogP contribution in [0, 0.1) is 0 Å². The van der Waals surface area contributed by atoms with Gasteiger partial charge in [0.1, 0.15) is 23.1 Å². The summed E-state index contributed by atoms with van der Waals surface area (Å²) in [6.45, 7) is 11.3. The molecule has 0 spiro atoms. The van der Waals surface area contributed by atoms with E-state index in [2.05, 4.69) is 48.8 Å². The van der Waals surface area contributed by atoms with Gasteiger partial charge in [-0.15, -0.1) is 0 Å². The fourth-order valence-electron chi connectivity index (χ4n) is 2.99. The Hall–Kier alpha value is -1.52. The summed E-state index contributed by atoms with van der Waals surface area (Å²) >= 11 is 6.34. The Morgan fingerprint density at radius 2 is 2.10 bits per heavy atom. The maximum absolute atomic E-state index is 10.6. The number of rotatable bonds is 6. The molecule has 2 aromatic heterocycles. The van der Waals surface area contributed by atoms with Gasteiger partial charge in [-0.05, 0) is 24.2 Å². The van der Waals surface area contributed by atoms with Gasteiger partial charge in [-0.2, -0.15) is 9.97 Å². The Balaban J connectivity index is 1.80. The van der Waals surface area contributed by atoms with E-state index in [1.54, 1.807) is 11.2 Å². The summed E-state index contributed by atoms with van der Waals surface area (Å²) < 4.78 is 14.3. The van der Waals surface area contributed by atoms with E-state index in [0.29, 0.717) is 23.8 Å². The summed E-state index contributed by atoms with van der Waals surface area (Å²) in [7, 11) is 1.81. The molecule has 0 radical (unpaired) electrons. The van der Waals surface area contributed by atoms with Crippen LogP contribution in [0.5, 0.6) is 0 Å². The van der Waals surface area contributed by atoms with Crippen LogP contribution in [0.25, 0.3) is 11.0 Å². The number of aliphatic hydroxyl groups is 1. The van der Waals surface area contributed by atoms with Crippen molar-refractivity contribution < 1.29 is 14.3 Å². The van der Waals surface area contributed by atoms with Crippen molar-refractivity contribution in [3.8, 4) is 0 Å². The monoisotopic (exact) mass is 453 g/mol. The molecule has 3 heterocycles.